The zero-order valence-corrected chi connectivity index (χ0v) is 16.5. The van der Waals surface area contributed by atoms with Crippen LogP contribution in [0.1, 0.15) is 12.5 Å². The van der Waals surface area contributed by atoms with E-state index in [1.165, 1.54) is 18.2 Å². The third-order valence-electron chi connectivity index (χ3n) is 3.36. The molecule has 9 nitrogen and oxygen atoms in total. The quantitative estimate of drug-likeness (QED) is 0.490. The second kappa shape index (κ2) is 9.47. The molecular weight excluding hydrogens is 414 g/mol. The fraction of sp³-hybridized carbons (Fsp3) is 0.294. The Morgan fingerprint density at radius 2 is 2.00 bits per heavy atom. The lowest BCUT2D eigenvalue weighted by Crippen LogP contribution is -2.34. The van der Waals surface area contributed by atoms with Crippen LogP contribution in [0.5, 0.6) is 11.5 Å². The van der Waals surface area contributed by atoms with Crippen molar-refractivity contribution in [1.29, 1.82) is 0 Å². The van der Waals surface area contributed by atoms with Gasteiger partial charge >= 0.3 is 11.9 Å². The van der Waals surface area contributed by atoms with Crippen molar-refractivity contribution in [3.63, 3.8) is 0 Å². The first-order valence-electron chi connectivity index (χ1n) is 7.90. The van der Waals surface area contributed by atoms with Crippen molar-refractivity contribution in [1.82, 2.24) is 4.90 Å². The summed E-state index contributed by atoms with van der Waals surface area (Å²) in [6.45, 7) is 0.898. The highest BCUT2D eigenvalue weighted by molar-refractivity contribution is 8.18. The molecule has 1 N–H and O–H groups in total. The van der Waals surface area contributed by atoms with Gasteiger partial charge in [0.05, 0.1) is 23.6 Å². The smallest absolute Gasteiger partial charge is 0.341 e. The van der Waals surface area contributed by atoms with Crippen molar-refractivity contribution in [3.8, 4) is 11.5 Å². The largest absolute Gasteiger partial charge is 0.490 e. The first-order valence-corrected chi connectivity index (χ1v) is 9.09. The van der Waals surface area contributed by atoms with E-state index in [0.717, 1.165) is 12.0 Å². The van der Waals surface area contributed by atoms with E-state index in [1.54, 1.807) is 6.92 Å². The van der Waals surface area contributed by atoms with Crippen LogP contribution < -0.4 is 9.47 Å². The zero-order chi connectivity index (χ0) is 20.8. The molecular formula is C17H16ClNO8S. The number of ether oxygens (including phenoxy) is 3. The van der Waals surface area contributed by atoms with E-state index in [1.807, 2.05) is 0 Å². The van der Waals surface area contributed by atoms with Crippen LogP contribution in [0.4, 0.5) is 4.79 Å². The second-order valence-corrected chi connectivity index (χ2v) is 6.69. The topological polar surface area (TPSA) is 119 Å². The summed E-state index contributed by atoms with van der Waals surface area (Å²) in [5.74, 6) is -2.29. The van der Waals surface area contributed by atoms with Gasteiger partial charge in [0.15, 0.2) is 18.1 Å². The number of imide groups is 1. The van der Waals surface area contributed by atoms with Crippen LogP contribution >= 0.6 is 23.4 Å². The fourth-order valence-electron chi connectivity index (χ4n) is 2.19. The van der Waals surface area contributed by atoms with E-state index in [2.05, 4.69) is 4.74 Å². The van der Waals surface area contributed by atoms with E-state index in [-0.39, 0.29) is 28.0 Å². The minimum Gasteiger partial charge on any atom is -0.490 e. The molecule has 1 aromatic rings. The van der Waals surface area contributed by atoms with Gasteiger partial charge in [-0.05, 0) is 42.5 Å². The maximum Gasteiger partial charge on any atom is 0.341 e. The van der Waals surface area contributed by atoms with Crippen LogP contribution in [-0.4, -0.2) is 60.0 Å². The number of amides is 2. The van der Waals surface area contributed by atoms with Gasteiger partial charge in [0, 0.05) is 0 Å². The number of halogens is 1. The maximum atomic E-state index is 12.4. The number of benzene rings is 1. The number of thioether (sulfide) groups is 1. The molecule has 150 valence electrons. The summed E-state index contributed by atoms with van der Waals surface area (Å²) < 4.78 is 15.1. The summed E-state index contributed by atoms with van der Waals surface area (Å²) in [5.41, 5.74) is 0.430. The van der Waals surface area contributed by atoms with Gasteiger partial charge in [-0.2, -0.15) is 0 Å². The van der Waals surface area contributed by atoms with Gasteiger partial charge in [-0.25, -0.2) is 4.79 Å². The maximum absolute atomic E-state index is 12.4. The van der Waals surface area contributed by atoms with Gasteiger partial charge in [-0.1, -0.05) is 11.6 Å². The number of aliphatic carboxylic acids is 1. The highest BCUT2D eigenvalue weighted by Gasteiger charge is 2.36. The zero-order valence-electron chi connectivity index (χ0n) is 14.9. The molecule has 0 unspecified atom stereocenters. The van der Waals surface area contributed by atoms with E-state index in [9.17, 15) is 19.2 Å². The van der Waals surface area contributed by atoms with Crippen molar-refractivity contribution in [2.75, 3.05) is 26.9 Å². The third-order valence-corrected chi connectivity index (χ3v) is 4.55. The molecule has 1 aliphatic rings. The number of carboxylic acid groups (broad SMARTS) is 1. The van der Waals surface area contributed by atoms with Crippen molar-refractivity contribution in [2.45, 2.75) is 6.92 Å². The summed E-state index contributed by atoms with van der Waals surface area (Å²) >= 11 is 6.83. The second-order valence-electron chi connectivity index (χ2n) is 5.29. The summed E-state index contributed by atoms with van der Waals surface area (Å²) in [5, 5.41) is 8.24. The summed E-state index contributed by atoms with van der Waals surface area (Å²) in [6.07, 6.45) is 1.41. The number of methoxy groups -OCH3 is 1. The van der Waals surface area contributed by atoms with E-state index >= 15 is 0 Å². The molecule has 28 heavy (non-hydrogen) atoms. The van der Waals surface area contributed by atoms with Crippen LogP contribution in [0.15, 0.2) is 17.0 Å². The Labute approximate surface area is 169 Å². The van der Waals surface area contributed by atoms with Crippen molar-refractivity contribution in [3.05, 3.63) is 27.6 Å². The Kier molecular flexibility index (Phi) is 7.30. The predicted molar refractivity (Wildman–Crippen MR) is 100 cm³/mol. The monoisotopic (exact) mass is 429 g/mol. The van der Waals surface area contributed by atoms with Gasteiger partial charge in [0.25, 0.3) is 11.1 Å². The third kappa shape index (κ3) is 5.17. The molecule has 2 rings (SSSR count). The van der Waals surface area contributed by atoms with Crippen molar-refractivity contribution < 1.29 is 38.5 Å². The average Bonchev–Trinajstić information content (AvgIpc) is 2.88. The minimum absolute atomic E-state index is 0.0573. The molecule has 1 aromatic carbocycles. The molecule has 1 aliphatic heterocycles. The summed E-state index contributed by atoms with van der Waals surface area (Å²) in [4.78, 5) is 47.3. The van der Waals surface area contributed by atoms with Crippen LogP contribution in [-0.2, 0) is 19.1 Å². The Morgan fingerprint density at radius 1 is 1.29 bits per heavy atom. The SMILES string of the molecule is CCOc1cc(/C=C2/SC(=O)N(CC(=O)OC)C2=O)cc(Cl)c1OCC(=O)O. The molecule has 11 heteroatoms. The van der Waals surface area contributed by atoms with Crippen molar-refractivity contribution >= 4 is 52.5 Å². The van der Waals surface area contributed by atoms with Crippen LogP contribution in [0.25, 0.3) is 6.08 Å². The van der Waals surface area contributed by atoms with Gasteiger partial charge in [0.2, 0.25) is 0 Å². The molecule has 0 radical (unpaired) electrons. The number of hydrogen-bond donors (Lipinski definition) is 1. The highest BCUT2D eigenvalue weighted by atomic mass is 35.5. The summed E-state index contributed by atoms with van der Waals surface area (Å²) in [7, 11) is 1.16. The average molecular weight is 430 g/mol. The van der Waals surface area contributed by atoms with E-state index < -0.39 is 36.2 Å². The van der Waals surface area contributed by atoms with Gasteiger partial charge in [0.1, 0.15) is 6.54 Å². The van der Waals surface area contributed by atoms with Gasteiger partial charge < -0.3 is 19.3 Å². The lowest BCUT2D eigenvalue weighted by atomic mass is 10.1. The lowest BCUT2D eigenvalue weighted by Gasteiger charge is -2.13. The van der Waals surface area contributed by atoms with E-state index in [4.69, 9.17) is 26.2 Å². The van der Waals surface area contributed by atoms with Crippen molar-refractivity contribution in [2.24, 2.45) is 0 Å². The Bertz CT molecular complexity index is 854. The molecule has 0 aliphatic carbocycles. The number of esters is 1. The van der Waals surface area contributed by atoms with Crippen LogP contribution in [0.3, 0.4) is 0 Å². The molecule has 2 amide bonds. The molecule has 1 fully saturated rings. The Hall–Kier alpha value is -2.72. The number of carboxylic acids is 1. The molecule has 0 atom stereocenters. The first kappa shape index (κ1) is 21.6. The molecule has 1 saturated heterocycles. The first-order chi connectivity index (χ1) is 13.3. The molecule has 0 saturated carbocycles. The van der Waals surface area contributed by atoms with Crippen LogP contribution in [0.2, 0.25) is 5.02 Å². The van der Waals surface area contributed by atoms with Crippen LogP contribution in [0, 0.1) is 0 Å². The highest BCUT2D eigenvalue weighted by Crippen LogP contribution is 2.39. The standard InChI is InChI=1S/C17H16ClNO8S/c1-3-26-11-5-9(4-10(18)15(11)27-8-13(20)21)6-12-16(23)19(17(24)28-12)7-14(22)25-2/h4-6H,3,7-8H2,1-2H3,(H,20,21)/b12-6+. The van der Waals surface area contributed by atoms with E-state index in [0.29, 0.717) is 17.3 Å². The predicted octanol–water partition coefficient (Wildman–Crippen LogP) is 2.41. The van der Waals surface area contributed by atoms with Gasteiger partial charge in [-0.15, -0.1) is 0 Å². The number of hydrogen-bond acceptors (Lipinski definition) is 8. The number of carbonyl (C=O) groups is 4. The van der Waals surface area contributed by atoms with Gasteiger partial charge in [-0.3, -0.25) is 19.3 Å². The molecule has 0 bridgehead atoms. The minimum atomic E-state index is -1.18. The molecule has 0 spiro atoms. The molecule has 0 aromatic heterocycles. The summed E-state index contributed by atoms with van der Waals surface area (Å²) in [6, 6.07) is 2.94. The Balaban J connectivity index is 2.32. The number of rotatable bonds is 8. The fourth-order valence-corrected chi connectivity index (χ4v) is 3.30. The Morgan fingerprint density at radius 3 is 2.61 bits per heavy atom. The number of nitrogens with zero attached hydrogens (tertiary/aromatic N) is 1. The number of carbonyl (C=O) groups excluding carboxylic acids is 3. The molecule has 1 heterocycles. The normalized spacial score (nSPS) is 15.1. The lowest BCUT2D eigenvalue weighted by molar-refractivity contribution is -0.143.